The van der Waals surface area contributed by atoms with Crippen molar-refractivity contribution in [1.82, 2.24) is 84.7 Å². The Kier molecular flexibility index (Phi) is 27.5. The van der Waals surface area contributed by atoms with Crippen molar-refractivity contribution in [3.8, 4) is 23.0 Å². The summed E-state index contributed by atoms with van der Waals surface area (Å²) < 4.78 is 24.4. The molecule has 16 rings (SSSR count). The van der Waals surface area contributed by atoms with Gasteiger partial charge in [-0.05, 0) is 165 Å². The van der Waals surface area contributed by atoms with Gasteiger partial charge in [0.05, 0.1) is 131 Å². The number of aromatic amines is 4. The minimum absolute atomic E-state index is 0.000291. The van der Waals surface area contributed by atoms with Gasteiger partial charge in [-0.15, -0.1) is 0 Å². The van der Waals surface area contributed by atoms with Crippen LogP contribution < -0.4 is 61.5 Å². The monoisotopic (exact) mass is 1980 g/mol. The molecule has 4 aliphatic heterocycles. The molecule has 12 aromatic heterocycles. The molecule has 4 aliphatic rings. The molecule has 12 aromatic rings. The molecule has 4 amide bonds. The Labute approximate surface area is 767 Å². The summed E-state index contributed by atoms with van der Waals surface area (Å²) in [6, 6.07) is 5.63. The van der Waals surface area contributed by atoms with Gasteiger partial charge in [-0.3, -0.25) is 58.7 Å². The Morgan fingerprint density at radius 3 is 1.02 bits per heavy atom. The first-order valence-electron chi connectivity index (χ1n) is 38.3. The standard InChI is InChI=1S/C23H25Cl2N7O2.C21H21ClN6O2.C20H17Br2ClN6O2.C20H18BrClN6O2/c1-5-6-7-16-28-14(19(24)29-16)8-13-17-20(25)30-23(26)31-21(17)32(22(13)33)10-15-12(3)18(34-4)11(2)9-27-15;1-10-5-13(24-7-10)6-14-16-18(22)26-21(23)27-19(16)28(20(14)29)9-15-12(3)17(30-4)11(2)8-25-15;1-8-6-25-13(9(2)15(8)31-3)7-29-18-14(17(23)27-20(24)28-18)11(19(29)30)4-10-5-12(21)16(22)26-10;1-9-6-25-14(10(2)16(9)30-3)8-28-18-15(17(22)26-20(23)27-18)13(19(28)29)5-12-4-11(21)7-24-12/h8-9H,5-7,10H2,1-4H3,(H,28,29)(H2,26,30,31);5-8,24H,9H2,1-4H3,(H2,23,26,27);4-6,26H,7H2,1-3H3,(H2,24,27,28);4-7,24H,8H2,1-3H3,(H2,23,26,27)/b13-8-;14-6-;11-4-;13-5-. The Bertz CT molecular complexity index is 6300. The Morgan fingerprint density at radius 2 is 0.736 bits per heavy atom. The number of nitrogens with zero attached hydrogens (tertiary/aromatic N) is 17. The molecule has 0 unspecified atom stereocenters. The molecule has 0 atom stereocenters. The van der Waals surface area contributed by atoms with Gasteiger partial charge in [0.25, 0.3) is 23.6 Å². The summed E-state index contributed by atoms with van der Waals surface area (Å²) in [5, 5.41) is 0.791. The molecule has 0 aliphatic carbocycles. The number of ether oxygens (including phenoxy) is 4. The number of nitrogens with one attached hydrogen (secondary N) is 4. The van der Waals surface area contributed by atoms with E-state index < -0.39 is 0 Å². The van der Waals surface area contributed by atoms with Gasteiger partial charge in [-0.25, -0.2) is 24.9 Å². The molecule has 16 heterocycles. The number of amides is 4. The van der Waals surface area contributed by atoms with Crippen molar-refractivity contribution in [3.05, 3.63) is 218 Å². The number of unbranched alkanes of at least 4 members (excludes halogenated alkanes) is 1. The fourth-order valence-electron chi connectivity index (χ4n) is 14.6. The maximum Gasteiger partial charge on any atom is 0.260 e. The topological polar surface area (TPSA) is 453 Å². The maximum atomic E-state index is 13.6. The van der Waals surface area contributed by atoms with Crippen LogP contribution in [0.15, 0.2) is 68.9 Å². The number of carbonyl (C=O) groups excluding carboxylic acids is 4. The second-order valence-corrected chi connectivity index (χ2v) is 33.4. The summed E-state index contributed by atoms with van der Waals surface area (Å²) in [7, 11) is 6.43. The van der Waals surface area contributed by atoms with E-state index in [1.165, 1.54) is 19.6 Å². The van der Waals surface area contributed by atoms with Crippen molar-refractivity contribution >= 4 is 223 Å². The number of aryl methyl sites for hydroxylation is 6. The largest absolute Gasteiger partial charge is 0.496 e. The Hall–Kier alpha value is -11.9. The molecule has 125 heavy (non-hydrogen) atoms. The molecular weight excluding hydrogens is 1900 g/mol. The smallest absolute Gasteiger partial charge is 0.260 e. The maximum absolute atomic E-state index is 13.6. The summed E-state index contributed by atoms with van der Waals surface area (Å²) in [5.74, 6) is 3.89. The van der Waals surface area contributed by atoms with Crippen LogP contribution in [0.1, 0.15) is 143 Å². The Balaban J connectivity index is 0.000000143. The number of nitrogens with two attached hydrogens (primary N) is 4. The lowest BCUT2D eigenvalue weighted by Crippen LogP contribution is -2.27. The van der Waals surface area contributed by atoms with Crippen LogP contribution in [0.5, 0.6) is 23.0 Å². The number of methoxy groups -OCH3 is 4. The van der Waals surface area contributed by atoms with Gasteiger partial charge in [0, 0.05) is 110 Å². The van der Waals surface area contributed by atoms with E-state index in [0.29, 0.717) is 102 Å². The summed E-state index contributed by atoms with van der Waals surface area (Å²) in [6.45, 7) is 20.1. The van der Waals surface area contributed by atoms with Crippen LogP contribution in [0.4, 0.5) is 47.1 Å². The first-order chi connectivity index (χ1) is 59.5. The zero-order valence-electron chi connectivity index (χ0n) is 69.7. The second-order valence-electron chi connectivity index (χ2n) is 29.0. The van der Waals surface area contributed by atoms with E-state index >= 15 is 0 Å². The van der Waals surface area contributed by atoms with Crippen LogP contribution in [0.2, 0.25) is 25.8 Å². The number of halogens is 8. The van der Waals surface area contributed by atoms with Crippen molar-refractivity contribution < 1.29 is 38.1 Å². The highest BCUT2D eigenvalue weighted by Crippen LogP contribution is 2.48. The first kappa shape index (κ1) is 90.8. The lowest BCUT2D eigenvalue weighted by atomic mass is 10.1. The van der Waals surface area contributed by atoms with Gasteiger partial charge in [-0.2, -0.15) is 19.9 Å². The van der Waals surface area contributed by atoms with Gasteiger partial charge in [-0.1, -0.05) is 71.3 Å². The average Bonchev–Trinajstić information content (AvgIpc) is 1.57. The lowest BCUT2D eigenvalue weighted by molar-refractivity contribution is -0.113. The highest BCUT2D eigenvalue weighted by Gasteiger charge is 2.43. The molecule has 646 valence electrons. The zero-order chi connectivity index (χ0) is 90.2. The summed E-state index contributed by atoms with van der Waals surface area (Å²) in [4.78, 5) is 128. The third-order valence-electron chi connectivity index (χ3n) is 20.6. The number of nitrogen functional groups attached to an aromatic ring is 4. The van der Waals surface area contributed by atoms with Crippen molar-refractivity contribution in [1.29, 1.82) is 0 Å². The van der Waals surface area contributed by atoms with Crippen molar-refractivity contribution in [2.45, 2.75) is 115 Å². The number of fused-ring (bicyclic) bond motifs is 4. The van der Waals surface area contributed by atoms with E-state index in [9.17, 15) is 19.2 Å². The second kappa shape index (κ2) is 37.9. The quantitative estimate of drug-likeness (QED) is 0.0275. The summed E-state index contributed by atoms with van der Waals surface area (Å²) >= 11 is 42.2. The van der Waals surface area contributed by atoms with E-state index in [1.54, 1.807) is 83.7 Å². The number of anilines is 8. The van der Waals surface area contributed by atoms with Gasteiger partial charge in [0.2, 0.25) is 23.8 Å². The third kappa shape index (κ3) is 18.6. The highest BCUT2D eigenvalue weighted by molar-refractivity contribution is 9.13. The van der Waals surface area contributed by atoms with Crippen LogP contribution in [0.3, 0.4) is 0 Å². The average molecular weight is 1990 g/mol. The van der Waals surface area contributed by atoms with Crippen LogP contribution in [-0.2, 0) is 51.8 Å². The molecule has 0 saturated carbocycles. The first-order valence-corrected chi connectivity index (χ1v) is 42.5. The number of hydrogen-bond donors (Lipinski definition) is 8. The fraction of sp³-hybridized carbons (Fsp3) is 0.250. The molecule has 0 saturated heterocycles. The molecule has 33 nitrogen and oxygen atoms in total. The number of aromatic nitrogens is 17. The number of rotatable bonds is 19. The van der Waals surface area contributed by atoms with Gasteiger partial charge in [0.15, 0.2) is 23.3 Å². The predicted molar refractivity (Wildman–Crippen MR) is 496 cm³/mol. The number of carbonyl (C=O) groups is 4. The van der Waals surface area contributed by atoms with Gasteiger partial charge >= 0.3 is 0 Å². The SMILES string of the molecule is CCCCc1nc(/C=C2\C(=O)N(Cc3ncc(C)c(OC)c3C)c3nc(N)nc(Cl)c32)c(Cl)[nH]1.COc1c(C)cnc(CN2C(=O)/C(=C\c3cc(Br)c(Br)[nH]3)c3c(Cl)nc(N)nc32)c1C.COc1c(C)cnc(CN2C(=O)/C(=C\c3cc(Br)c[nH]3)c3c(Cl)nc(N)nc32)c1C.COc1c(C)cnc(CN2C(=O)/C(=C\c3cc(C)c[nH]3)c3c(Cl)nc(N)nc32)c1C. The minimum atomic E-state index is -0.327. The molecule has 12 N–H and O–H groups in total. The van der Waals surface area contributed by atoms with E-state index in [0.717, 1.165) is 123 Å². The van der Waals surface area contributed by atoms with Crippen LogP contribution in [0.25, 0.3) is 46.6 Å². The van der Waals surface area contributed by atoms with Crippen LogP contribution in [0, 0.1) is 62.3 Å². The van der Waals surface area contributed by atoms with Crippen molar-refractivity contribution in [2.75, 3.05) is 71.0 Å². The minimum Gasteiger partial charge on any atom is -0.496 e. The molecular formula is C84H81Br3Cl5N25O8. The number of hydrogen-bond acceptors (Lipinski definition) is 25. The molecule has 41 heteroatoms. The zero-order valence-corrected chi connectivity index (χ0v) is 78.2. The Morgan fingerprint density at radius 1 is 0.416 bits per heavy atom. The fourth-order valence-corrected chi connectivity index (χ4v) is 17.0. The summed E-state index contributed by atoms with van der Waals surface area (Å²) in [6.07, 6.45) is 20.0. The van der Waals surface area contributed by atoms with E-state index in [-0.39, 0.29) is 99.8 Å². The van der Waals surface area contributed by atoms with Gasteiger partial charge in [0.1, 0.15) is 60.3 Å². The van der Waals surface area contributed by atoms with E-state index in [4.69, 9.17) is 99.9 Å². The predicted octanol–water partition coefficient (Wildman–Crippen LogP) is 16.6. The number of H-pyrrole nitrogens is 4. The number of imidazole rings is 1. The van der Waals surface area contributed by atoms with Crippen molar-refractivity contribution in [2.24, 2.45) is 0 Å². The lowest BCUT2D eigenvalue weighted by Gasteiger charge is -2.19. The van der Waals surface area contributed by atoms with Crippen LogP contribution >= 0.6 is 106 Å². The third-order valence-corrected chi connectivity index (χ3v) is 24.3. The molecule has 0 bridgehead atoms. The normalized spacial score (nSPS) is 14.4. The number of pyridine rings is 4. The van der Waals surface area contributed by atoms with E-state index in [2.05, 4.69) is 139 Å². The molecule has 0 spiro atoms. The van der Waals surface area contributed by atoms with Crippen LogP contribution in [-0.4, -0.2) is 137 Å². The van der Waals surface area contributed by atoms with Crippen molar-refractivity contribution in [3.63, 3.8) is 0 Å². The highest BCUT2D eigenvalue weighted by atomic mass is 79.9. The molecule has 0 radical (unpaired) electrons. The molecule has 0 aromatic carbocycles. The molecule has 0 fully saturated rings. The van der Waals surface area contributed by atoms with Gasteiger partial charge < -0.3 is 61.8 Å². The summed E-state index contributed by atoms with van der Waals surface area (Å²) in [5.41, 5.74) is 39.9. The van der Waals surface area contributed by atoms with E-state index in [1.807, 2.05) is 86.7 Å².